The van der Waals surface area contributed by atoms with Crippen molar-refractivity contribution >= 4 is 34.5 Å². The number of carbonyl (C=O) groups excluding carboxylic acids is 2. The number of piperazine rings is 1. The van der Waals surface area contributed by atoms with Crippen molar-refractivity contribution in [2.24, 2.45) is 0 Å². The van der Waals surface area contributed by atoms with Gasteiger partial charge in [0.15, 0.2) is 0 Å². The molecule has 3 aromatic rings. The molecule has 0 spiro atoms. The van der Waals surface area contributed by atoms with Gasteiger partial charge in [0.2, 0.25) is 11.8 Å². The van der Waals surface area contributed by atoms with Gasteiger partial charge in [-0.3, -0.25) is 14.5 Å². The van der Waals surface area contributed by atoms with Crippen LogP contribution in [0.1, 0.15) is 25.0 Å². The Labute approximate surface area is 210 Å². The van der Waals surface area contributed by atoms with Gasteiger partial charge in [0, 0.05) is 81.0 Å². The van der Waals surface area contributed by atoms with Gasteiger partial charge in [-0.15, -0.1) is 11.3 Å². The van der Waals surface area contributed by atoms with E-state index in [0.717, 1.165) is 74.3 Å². The maximum Gasteiger partial charge on any atom is 0.227 e. The molecule has 35 heavy (non-hydrogen) atoms. The van der Waals surface area contributed by atoms with Crippen molar-refractivity contribution in [3.05, 3.63) is 65.7 Å². The Morgan fingerprint density at radius 3 is 2.40 bits per heavy atom. The lowest BCUT2D eigenvalue weighted by Gasteiger charge is -2.34. The molecule has 0 atom stereocenters. The Balaban J connectivity index is 1.02. The third-order valence-corrected chi connectivity index (χ3v) is 7.55. The number of hydrogen-bond donors (Lipinski definition) is 1. The molecule has 0 radical (unpaired) electrons. The van der Waals surface area contributed by atoms with E-state index in [2.05, 4.69) is 32.6 Å². The zero-order chi connectivity index (χ0) is 24.0. The normalized spacial score (nSPS) is 17.1. The summed E-state index contributed by atoms with van der Waals surface area (Å²) in [7, 11) is 0. The first-order valence-electron chi connectivity index (χ1n) is 12.3. The Morgan fingerprint density at radius 2 is 1.69 bits per heavy atom. The van der Waals surface area contributed by atoms with E-state index in [1.54, 1.807) is 11.3 Å². The van der Waals surface area contributed by atoms with Gasteiger partial charge in [-0.25, -0.2) is 4.98 Å². The fourth-order valence-electron chi connectivity index (χ4n) is 4.62. The zero-order valence-electron chi connectivity index (χ0n) is 19.9. The smallest absolute Gasteiger partial charge is 0.227 e. The minimum atomic E-state index is 0.0216. The molecule has 5 rings (SSSR count). The summed E-state index contributed by atoms with van der Waals surface area (Å²) in [6, 6.07) is 17.9. The summed E-state index contributed by atoms with van der Waals surface area (Å²) in [5, 5.41) is 6.22. The Morgan fingerprint density at radius 1 is 0.943 bits per heavy atom. The van der Waals surface area contributed by atoms with Gasteiger partial charge in [0.1, 0.15) is 5.01 Å². The molecule has 2 fully saturated rings. The standard InChI is InChI=1S/C27H31N5O2S/c33-25(28-22-8-10-24(11-9-22)32-13-4-7-26(32)34)12-14-30-15-17-31(18-16-30)19-23-20-35-27(29-23)21-5-2-1-3-6-21/h1-3,5-6,8-11,20H,4,7,12-19H2,(H,28,33). The number of nitrogens with one attached hydrogen (secondary N) is 1. The molecular weight excluding hydrogens is 458 g/mol. The van der Waals surface area contributed by atoms with E-state index in [1.165, 1.54) is 5.56 Å². The van der Waals surface area contributed by atoms with Gasteiger partial charge < -0.3 is 15.1 Å². The lowest BCUT2D eigenvalue weighted by atomic mass is 10.2. The number of anilines is 2. The molecule has 8 heteroatoms. The first-order chi connectivity index (χ1) is 17.1. The molecule has 0 unspecified atom stereocenters. The van der Waals surface area contributed by atoms with E-state index in [1.807, 2.05) is 47.4 Å². The van der Waals surface area contributed by atoms with Gasteiger partial charge in [0.25, 0.3) is 0 Å². The number of thiazole rings is 1. The van der Waals surface area contributed by atoms with Crippen molar-refractivity contribution in [3.8, 4) is 10.6 Å². The number of carbonyl (C=O) groups is 2. The van der Waals surface area contributed by atoms with E-state index in [0.29, 0.717) is 12.8 Å². The van der Waals surface area contributed by atoms with Gasteiger partial charge >= 0.3 is 0 Å². The lowest BCUT2D eigenvalue weighted by Crippen LogP contribution is -2.46. The fourth-order valence-corrected chi connectivity index (χ4v) is 5.44. The molecule has 0 saturated carbocycles. The molecule has 0 bridgehead atoms. The maximum atomic E-state index is 12.5. The van der Waals surface area contributed by atoms with E-state index in [-0.39, 0.29) is 11.8 Å². The number of nitrogens with zero attached hydrogens (tertiary/aromatic N) is 4. The van der Waals surface area contributed by atoms with E-state index < -0.39 is 0 Å². The molecular formula is C27H31N5O2S. The second-order valence-electron chi connectivity index (χ2n) is 9.12. The predicted octanol–water partition coefficient (Wildman–Crippen LogP) is 4.08. The average Bonchev–Trinajstić information content (AvgIpc) is 3.54. The highest BCUT2D eigenvalue weighted by Gasteiger charge is 2.22. The first-order valence-corrected chi connectivity index (χ1v) is 13.2. The number of rotatable bonds is 8. The van der Waals surface area contributed by atoms with Gasteiger partial charge in [0.05, 0.1) is 5.69 Å². The van der Waals surface area contributed by atoms with E-state index >= 15 is 0 Å². The predicted molar refractivity (Wildman–Crippen MR) is 141 cm³/mol. The van der Waals surface area contributed by atoms with Crippen LogP contribution < -0.4 is 10.2 Å². The maximum absolute atomic E-state index is 12.5. The second kappa shape index (κ2) is 11.1. The second-order valence-corrected chi connectivity index (χ2v) is 9.98. The number of hydrogen-bond acceptors (Lipinski definition) is 6. The highest BCUT2D eigenvalue weighted by Crippen LogP contribution is 2.25. The van der Waals surface area contributed by atoms with Crippen LogP contribution in [0, 0.1) is 0 Å². The third-order valence-electron chi connectivity index (χ3n) is 6.61. The summed E-state index contributed by atoms with van der Waals surface area (Å²) >= 11 is 1.70. The van der Waals surface area contributed by atoms with Crippen LogP contribution in [0.4, 0.5) is 11.4 Å². The summed E-state index contributed by atoms with van der Waals surface area (Å²) in [6.45, 7) is 6.29. The van der Waals surface area contributed by atoms with Crippen LogP contribution in [0.3, 0.4) is 0 Å². The Hall–Kier alpha value is -3.07. The van der Waals surface area contributed by atoms with Crippen molar-refractivity contribution in [3.63, 3.8) is 0 Å². The minimum absolute atomic E-state index is 0.0216. The molecule has 2 saturated heterocycles. The molecule has 2 aliphatic rings. The summed E-state index contributed by atoms with van der Waals surface area (Å²) in [4.78, 5) is 35.8. The highest BCUT2D eigenvalue weighted by atomic mass is 32.1. The van der Waals surface area contributed by atoms with Crippen LogP contribution in [0.15, 0.2) is 60.0 Å². The molecule has 2 amide bonds. The van der Waals surface area contributed by atoms with Crippen LogP contribution >= 0.6 is 11.3 Å². The number of benzene rings is 2. The molecule has 0 aliphatic carbocycles. The fraction of sp³-hybridized carbons (Fsp3) is 0.370. The average molecular weight is 490 g/mol. The lowest BCUT2D eigenvalue weighted by molar-refractivity contribution is -0.117. The highest BCUT2D eigenvalue weighted by molar-refractivity contribution is 7.13. The minimum Gasteiger partial charge on any atom is -0.326 e. The van der Waals surface area contributed by atoms with Crippen LogP contribution in [-0.4, -0.2) is 65.9 Å². The molecule has 2 aliphatic heterocycles. The van der Waals surface area contributed by atoms with Crippen molar-refractivity contribution in [2.45, 2.75) is 25.8 Å². The summed E-state index contributed by atoms with van der Waals surface area (Å²) in [5.74, 6) is 0.193. The molecule has 1 N–H and O–H groups in total. The molecule has 3 heterocycles. The van der Waals surface area contributed by atoms with Gasteiger partial charge in [-0.05, 0) is 30.7 Å². The van der Waals surface area contributed by atoms with Crippen LogP contribution in [0.5, 0.6) is 0 Å². The zero-order valence-corrected chi connectivity index (χ0v) is 20.7. The Kier molecular flexibility index (Phi) is 7.51. The number of aromatic nitrogens is 1. The van der Waals surface area contributed by atoms with E-state index in [4.69, 9.17) is 4.98 Å². The molecule has 182 valence electrons. The van der Waals surface area contributed by atoms with Crippen LogP contribution in [0.2, 0.25) is 0 Å². The van der Waals surface area contributed by atoms with Crippen LogP contribution in [0.25, 0.3) is 10.6 Å². The van der Waals surface area contributed by atoms with Crippen molar-refractivity contribution in [1.29, 1.82) is 0 Å². The summed E-state index contributed by atoms with van der Waals surface area (Å²) in [5.41, 5.74) is 3.97. The van der Waals surface area contributed by atoms with E-state index in [9.17, 15) is 9.59 Å². The SMILES string of the molecule is O=C(CCN1CCN(Cc2csc(-c3ccccc3)n2)CC1)Nc1ccc(N2CCCC2=O)cc1. The number of amides is 2. The van der Waals surface area contributed by atoms with Crippen molar-refractivity contribution in [1.82, 2.24) is 14.8 Å². The van der Waals surface area contributed by atoms with Gasteiger partial charge in [-0.2, -0.15) is 0 Å². The summed E-state index contributed by atoms with van der Waals surface area (Å²) < 4.78 is 0. The first kappa shape index (κ1) is 23.7. The monoisotopic (exact) mass is 489 g/mol. The molecule has 1 aromatic heterocycles. The summed E-state index contributed by atoms with van der Waals surface area (Å²) in [6.07, 6.45) is 2.00. The molecule has 2 aromatic carbocycles. The topological polar surface area (TPSA) is 68.8 Å². The van der Waals surface area contributed by atoms with Crippen molar-refractivity contribution in [2.75, 3.05) is 49.5 Å². The Bertz CT molecular complexity index is 1140. The largest absolute Gasteiger partial charge is 0.326 e. The van der Waals surface area contributed by atoms with Crippen molar-refractivity contribution < 1.29 is 9.59 Å². The van der Waals surface area contributed by atoms with Crippen LogP contribution in [-0.2, 0) is 16.1 Å². The van der Waals surface area contributed by atoms with Gasteiger partial charge in [-0.1, -0.05) is 30.3 Å². The quantitative estimate of drug-likeness (QED) is 0.516. The molecule has 7 nitrogen and oxygen atoms in total. The third kappa shape index (κ3) is 6.14.